The van der Waals surface area contributed by atoms with Gasteiger partial charge in [0.2, 0.25) is 0 Å². The third-order valence-corrected chi connectivity index (χ3v) is 4.12. The summed E-state index contributed by atoms with van der Waals surface area (Å²) in [5.41, 5.74) is 0.762. The SMILES string of the molecule is CC(C)N(C)CC1(CNC(C)(C)C)CCCC1. The van der Waals surface area contributed by atoms with Crippen molar-refractivity contribution < 1.29 is 0 Å². The highest BCUT2D eigenvalue weighted by molar-refractivity contribution is 4.91. The summed E-state index contributed by atoms with van der Waals surface area (Å²) in [6.07, 6.45) is 5.62. The number of nitrogens with one attached hydrogen (secondary N) is 1. The van der Waals surface area contributed by atoms with E-state index in [9.17, 15) is 0 Å². The molecule has 1 rings (SSSR count). The molecule has 0 bridgehead atoms. The van der Waals surface area contributed by atoms with Crippen molar-refractivity contribution in [1.29, 1.82) is 0 Å². The van der Waals surface area contributed by atoms with Crippen LogP contribution in [-0.2, 0) is 0 Å². The van der Waals surface area contributed by atoms with E-state index in [4.69, 9.17) is 0 Å². The first-order valence-corrected chi connectivity index (χ1v) is 7.19. The zero-order valence-corrected chi connectivity index (χ0v) is 12.8. The van der Waals surface area contributed by atoms with Crippen LogP contribution in [0.3, 0.4) is 0 Å². The van der Waals surface area contributed by atoms with Gasteiger partial charge in [-0.05, 0) is 59.9 Å². The van der Waals surface area contributed by atoms with E-state index in [-0.39, 0.29) is 5.54 Å². The Balaban J connectivity index is 2.56. The van der Waals surface area contributed by atoms with E-state index in [1.807, 2.05) is 0 Å². The van der Waals surface area contributed by atoms with Crippen LogP contribution >= 0.6 is 0 Å². The second-order valence-electron chi connectivity index (χ2n) is 7.32. The monoisotopic (exact) mass is 240 g/mol. The lowest BCUT2D eigenvalue weighted by Gasteiger charge is -2.38. The lowest BCUT2D eigenvalue weighted by atomic mass is 9.84. The van der Waals surface area contributed by atoms with Gasteiger partial charge in [0, 0.05) is 24.7 Å². The molecule has 0 amide bonds. The van der Waals surface area contributed by atoms with E-state index in [0.29, 0.717) is 11.5 Å². The van der Waals surface area contributed by atoms with E-state index < -0.39 is 0 Å². The van der Waals surface area contributed by atoms with Crippen molar-refractivity contribution in [2.45, 2.75) is 71.9 Å². The number of hydrogen-bond donors (Lipinski definition) is 1. The summed E-state index contributed by atoms with van der Waals surface area (Å²) in [6.45, 7) is 13.8. The molecule has 0 aromatic heterocycles. The van der Waals surface area contributed by atoms with Gasteiger partial charge in [-0.15, -0.1) is 0 Å². The Morgan fingerprint density at radius 2 is 1.71 bits per heavy atom. The van der Waals surface area contributed by atoms with Crippen molar-refractivity contribution in [3.63, 3.8) is 0 Å². The molecular weight excluding hydrogens is 208 g/mol. The van der Waals surface area contributed by atoms with Gasteiger partial charge >= 0.3 is 0 Å². The highest BCUT2D eigenvalue weighted by Crippen LogP contribution is 2.38. The molecule has 0 heterocycles. The number of hydrogen-bond acceptors (Lipinski definition) is 2. The van der Waals surface area contributed by atoms with Crippen molar-refractivity contribution in [1.82, 2.24) is 10.2 Å². The Kier molecular flexibility index (Phi) is 5.03. The summed E-state index contributed by atoms with van der Waals surface area (Å²) >= 11 is 0. The summed E-state index contributed by atoms with van der Waals surface area (Å²) in [6, 6.07) is 0.655. The largest absolute Gasteiger partial charge is 0.311 e. The minimum Gasteiger partial charge on any atom is -0.311 e. The second kappa shape index (κ2) is 5.71. The van der Waals surface area contributed by atoms with Crippen LogP contribution in [0, 0.1) is 5.41 Å². The molecule has 0 radical (unpaired) electrons. The molecule has 1 fully saturated rings. The fraction of sp³-hybridized carbons (Fsp3) is 1.00. The molecular formula is C15H32N2. The molecule has 0 aromatic rings. The minimum absolute atomic E-state index is 0.242. The second-order valence-corrected chi connectivity index (χ2v) is 7.32. The van der Waals surface area contributed by atoms with Crippen LogP contribution in [0.1, 0.15) is 60.3 Å². The van der Waals surface area contributed by atoms with Crippen molar-refractivity contribution >= 4 is 0 Å². The summed E-state index contributed by atoms with van der Waals surface area (Å²) in [5, 5.41) is 3.72. The molecule has 0 atom stereocenters. The Morgan fingerprint density at radius 3 is 2.12 bits per heavy atom. The Bertz CT molecular complexity index is 222. The van der Waals surface area contributed by atoms with Crippen LogP contribution < -0.4 is 5.32 Å². The highest BCUT2D eigenvalue weighted by Gasteiger charge is 2.35. The molecule has 1 saturated carbocycles. The maximum Gasteiger partial charge on any atom is 0.00967 e. The molecule has 0 aliphatic heterocycles. The van der Waals surface area contributed by atoms with Crippen LogP contribution in [0.2, 0.25) is 0 Å². The van der Waals surface area contributed by atoms with E-state index in [0.717, 1.165) is 0 Å². The summed E-state index contributed by atoms with van der Waals surface area (Å²) < 4.78 is 0. The van der Waals surface area contributed by atoms with Gasteiger partial charge in [-0.25, -0.2) is 0 Å². The average molecular weight is 240 g/mol. The van der Waals surface area contributed by atoms with Crippen LogP contribution in [0.4, 0.5) is 0 Å². The van der Waals surface area contributed by atoms with E-state index in [1.165, 1.54) is 38.8 Å². The lowest BCUT2D eigenvalue weighted by molar-refractivity contribution is 0.139. The normalized spacial score (nSPS) is 20.5. The third-order valence-electron chi connectivity index (χ3n) is 4.12. The smallest absolute Gasteiger partial charge is 0.00967 e. The van der Waals surface area contributed by atoms with E-state index in [2.05, 4.69) is 51.9 Å². The zero-order valence-electron chi connectivity index (χ0n) is 12.8. The maximum atomic E-state index is 3.72. The first kappa shape index (κ1) is 15.0. The van der Waals surface area contributed by atoms with Crippen LogP contribution in [-0.4, -0.2) is 36.6 Å². The molecule has 102 valence electrons. The Morgan fingerprint density at radius 1 is 1.18 bits per heavy atom. The first-order valence-electron chi connectivity index (χ1n) is 7.19. The van der Waals surface area contributed by atoms with Gasteiger partial charge in [-0.3, -0.25) is 0 Å². The molecule has 0 saturated heterocycles. The van der Waals surface area contributed by atoms with Crippen LogP contribution in [0.25, 0.3) is 0 Å². The predicted molar refractivity (Wildman–Crippen MR) is 76.4 cm³/mol. The average Bonchev–Trinajstić information content (AvgIpc) is 2.63. The molecule has 0 aromatic carbocycles. The molecule has 2 heteroatoms. The van der Waals surface area contributed by atoms with Gasteiger partial charge in [0.1, 0.15) is 0 Å². The van der Waals surface area contributed by atoms with Crippen molar-refractivity contribution in [2.24, 2.45) is 5.41 Å². The fourth-order valence-electron chi connectivity index (χ4n) is 2.68. The van der Waals surface area contributed by atoms with E-state index in [1.54, 1.807) is 0 Å². The number of nitrogens with zero attached hydrogens (tertiary/aromatic N) is 1. The van der Waals surface area contributed by atoms with Gasteiger partial charge in [0.05, 0.1) is 0 Å². The van der Waals surface area contributed by atoms with Gasteiger partial charge in [-0.1, -0.05) is 12.8 Å². The maximum absolute atomic E-state index is 3.72. The van der Waals surface area contributed by atoms with Crippen molar-refractivity contribution in [3.05, 3.63) is 0 Å². The molecule has 1 aliphatic rings. The molecule has 17 heavy (non-hydrogen) atoms. The summed E-state index contributed by atoms with van der Waals surface area (Å²) in [4.78, 5) is 2.51. The molecule has 2 nitrogen and oxygen atoms in total. The van der Waals surface area contributed by atoms with Gasteiger partial charge in [0.25, 0.3) is 0 Å². The van der Waals surface area contributed by atoms with Crippen LogP contribution in [0.15, 0.2) is 0 Å². The fourth-order valence-corrected chi connectivity index (χ4v) is 2.68. The lowest BCUT2D eigenvalue weighted by Crippen LogP contribution is -2.48. The standard InChI is InChI=1S/C15H32N2/c1-13(2)17(6)12-15(9-7-8-10-15)11-16-14(3,4)5/h13,16H,7-12H2,1-6H3. The topological polar surface area (TPSA) is 15.3 Å². The van der Waals surface area contributed by atoms with E-state index >= 15 is 0 Å². The Labute approximate surface area is 108 Å². The first-order chi connectivity index (χ1) is 7.74. The quantitative estimate of drug-likeness (QED) is 0.793. The molecule has 0 unspecified atom stereocenters. The molecule has 1 aliphatic carbocycles. The van der Waals surface area contributed by atoms with Crippen molar-refractivity contribution in [3.8, 4) is 0 Å². The van der Waals surface area contributed by atoms with Crippen LogP contribution in [0.5, 0.6) is 0 Å². The minimum atomic E-state index is 0.242. The Hall–Kier alpha value is -0.0800. The van der Waals surface area contributed by atoms with Gasteiger partial charge in [-0.2, -0.15) is 0 Å². The van der Waals surface area contributed by atoms with Crippen molar-refractivity contribution in [2.75, 3.05) is 20.1 Å². The molecule has 0 spiro atoms. The van der Waals surface area contributed by atoms with Gasteiger partial charge in [0.15, 0.2) is 0 Å². The zero-order chi connectivity index (χ0) is 13.1. The molecule has 1 N–H and O–H groups in total. The summed E-state index contributed by atoms with van der Waals surface area (Å²) in [7, 11) is 2.27. The third kappa shape index (κ3) is 4.97. The highest BCUT2D eigenvalue weighted by atomic mass is 15.1. The predicted octanol–water partition coefficient (Wildman–Crippen LogP) is 3.28. The number of rotatable bonds is 5. The van der Waals surface area contributed by atoms with Gasteiger partial charge < -0.3 is 10.2 Å². The summed E-state index contributed by atoms with van der Waals surface area (Å²) in [5.74, 6) is 0.